The number of ether oxygens (including phenoxy) is 3. The van der Waals surface area contributed by atoms with E-state index in [0.717, 1.165) is 12.8 Å². The number of nitrogens with one attached hydrogen (secondary N) is 1. The van der Waals surface area contributed by atoms with Gasteiger partial charge in [-0.2, -0.15) is 0 Å². The maximum absolute atomic E-state index is 12.5. The quantitative estimate of drug-likeness (QED) is 0.478. The maximum atomic E-state index is 12.5. The Labute approximate surface area is 180 Å². The van der Waals surface area contributed by atoms with E-state index < -0.39 is 17.2 Å². The Bertz CT molecular complexity index is 967. The van der Waals surface area contributed by atoms with E-state index in [0.29, 0.717) is 37.6 Å². The molecule has 3 N–H and O–H groups in total. The van der Waals surface area contributed by atoms with Crippen LogP contribution in [-0.2, 0) is 16.0 Å². The standard InChI is InChI=1S/C21H30N4O6/c1-4-5-10-25-18(22)17(19(26)23-21(25)28)24(11-13-29-2)12-14-31-16-8-6-15(7-9-16)20(27)30-3/h6-9H,4-5,10-14,22H2,1-3H3,(H,23,26,28). The van der Waals surface area contributed by atoms with Crippen molar-refractivity contribution < 1.29 is 19.0 Å². The zero-order valence-electron chi connectivity index (χ0n) is 18.2. The fourth-order valence-corrected chi connectivity index (χ4v) is 3.04. The second-order valence-corrected chi connectivity index (χ2v) is 6.84. The van der Waals surface area contributed by atoms with Gasteiger partial charge in [0.25, 0.3) is 5.56 Å². The first-order valence-corrected chi connectivity index (χ1v) is 10.1. The summed E-state index contributed by atoms with van der Waals surface area (Å²) in [6.07, 6.45) is 1.65. The van der Waals surface area contributed by atoms with Crippen LogP contribution in [0.15, 0.2) is 33.9 Å². The number of benzene rings is 1. The SMILES string of the molecule is CCCCn1c(N)c(N(CCOC)CCOc2ccc(C(=O)OC)cc2)c(=O)[nH]c1=O. The lowest BCUT2D eigenvalue weighted by Gasteiger charge is -2.26. The van der Waals surface area contributed by atoms with Crippen molar-refractivity contribution in [3.63, 3.8) is 0 Å². The van der Waals surface area contributed by atoms with E-state index in [2.05, 4.69) is 9.72 Å². The topological polar surface area (TPSA) is 129 Å². The van der Waals surface area contributed by atoms with Crippen LogP contribution in [0.25, 0.3) is 0 Å². The number of nitrogen functional groups attached to an aromatic ring is 1. The van der Waals surface area contributed by atoms with Gasteiger partial charge in [-0.05, 0) is 30.7 Å². The van der Waals surface area contributed by atoms with Crippen molar-refractivity contribution in [2.45, 2.75) is 26.3 Å². The van der Waals surface area contributed by atoms with Crippen LogP contribution in [0, 0.1) is 0 Å². The fourth-order valence-electron chi connectivity index (χ4n) is 3.04. The van der Waals surface area contributed by atoms with Gasteiger partial charge in [0.05, 0.1) is 25.8 Å². The smallest absolute Gasteiger partial charge is 0.337 e. The van der Waals surface area contributed by atoms with Crippen LogP contribution in [-0.4, -0.2) is 56.0 Å². The molecule has 1 aromatic carbocycles. The molecule has 0 aliphatic carbocycles. The number of carbonyl (C=O) groups is 1. The van der Waals surface area contributed by atoms with Gasteiger partial charge in [0.1, 0.15) is 23.9 Å². The van der Waals surface area contributed by atoms with E-state index in [1.807, 2.05) is 6.92 Å². The number of nitrogens with zero attached hydrogens (tertiary/aromatic N) is 2. The summed E-state index contributed by atoms with van der Waals surface area (Å²) in [5, 5.41) is 0. The average Bonchev–Trinajstić information content (AvgIpc) is 2.76. The van der Waals surface area contributed by atoms with Crippen molar-refractivity contribution in [3.8, 4) is 5.75 Å². The van der Waals surface area contributed by atoms with E-state index in [-0.39, 0.29) is 18.1 Å². The third-order valence-electron chi connectivity index (χ3n) is 4.74. The number of hydrogen-bond acceptors (Lipinski definition) is 8. The van der Waals surface area contributed by atoms with Crippen LogP contribution in [0.2, 0.25) is 0 Å². The lowest BCUT2D eigenvalue weighted by molar-refractivity contribution is 0.0600. The molecule has 0 atom stereocenters. The van der Waals surface area contributed by atoms with E-state index >= 15 is 0 Å². The second-order valence-electron chi connectivity index (χ2n) is 6.84. The normalized spacial score (nSPS) is 10.7. The number of rotatable bonds is 12. The van der Waals surface area contributed by atoms with Crippen molar-refractivity contribution in [1.29, 1.82) is 0 Å². The molecule has 10 nitrogen and oxygen atoms in total. The molecule has 0 saturated heterocycles. The van der Waals surface area contributed by atoms with Crippen LogP contribution in [0.3, 0.4) is 0 Å². The molecule has 31 heavy (non-hydrogen) atoms. The Kier molecular flexibility index (Phi) is 9.13. The number of methoxy groups -OCH3 is 2. The van der Waals surface area contributed by atoms with Gasteiger partial charge in [-0.25, -0.2) is 9.59 Å². The largest absolute Gasteiger partial charge is 0.492 e. The predicted molar refractivity (Wildman–Crippen MR) is 118 cm³/mol. The minimum Gasteiger partial charge on any atom is -0.492 e. The van der Waals surface area contributed by atoms with Gasteiger partial charge in [0.2, 0.25) is 0 Å². The number of esters is 1. The van der Waals surface area contributed by atoms with Crippen LogP contribution >= 0.6 is 0 Å². The lowest BCUT2D eigenvalue weighted by Crippen LogP contribution is -2.41. The van der Waals surface area contributed by atoms with Gasteiger partial charge in [-0.1, -0.05) is 13.3 Å². The van der Waals surface area contributed by atoms with E-state index in [1.165, 1.54) is 11.7 Å². The zero-order valence-corrected chi connectivity index (χ0v) is 18.2. The predicted octanol–water partition coefficient (Wildman–Crippen LogP) is 1.24. The summed E-state index contributed by atoms with van der Waals surface area (Å²) < 4.78 is 17.0. The van der Waals surface area contributed by atoms with Crippen LogP contribution in [0.4, 0.5) is 11.5 Å². The molecule has 0 bridgehead atoms. The van der Waals surface area contributed by atoms with E-state index in [1.54, 1.807) is 36.3 Å². The molecular formula is C21H30N4O6. The lowest BCUT2D eigenvalue weighted by atomic mass is 10.2. The molecular weight excluding hydrogens is 404 g/mol. The third-order valence-corrected chi connectivity index (χ3v) is 4.74. The van der Waals surface area contributed by atoms with Gasteiger partial charge in [-0.3, -0.25) is 14.3 Å². The van der Waals surface area contributed by atoms with Crippen LogP contribution in [0.5, 0.6) is 5.75 Å². The molecule has 1 heterocycles. The number of aromatic amines is 1. The summed E-state index contributed by atoms with van der Waals surface area (Å²) >= 11 is 0. The molecule has 2 aromatic rings. The Morgan fingerprint density at radius 1 is 1.13 bits per heavy atom. The number of H-pyrrole nitrogens is 1. The van der Waals surface area contributed by atoms with Crippen LogP contribution < -0.4 is 26.6 Å². The molecule has 0 fully saturated rings. The zero-order chi connectivity index (χ0) is 22.8. The summed E-state index contributed by atoms with van der Waals surface area (Å²) in [6, 6.07) is 6.54. The monoisotopic (exact) mass is 434 g/mol. The first-order valence-electron chi connectivity index (χ1n) is 10.1. The van der Waals surface area contributed by atoms with Gasteiger partial charge in [0, 0.05) is 20.2 Å². The molecule has 2 rings (SSSR count). The summed E-state index contributed by atoms with van der Waals surface area (Å²) in [6.45, 7) is 3.76. The van der Waals surface area contributed by atoms with Gasteiger partial charge < -0.3 is 24.8 Å². The third kappa shape index (κ3) is 6.35. The molecule has 0 amide bonds. The van der Waals surface area contributed by atoms with Gasteiger partial charge >= 0.3 is 11.7 Å². The van der Waals surface area contributed by atoms with Crippen molar-refractivity contribution >= 4 is 17.5 Å². The highest BCUT2D eigenvalue weighted by Gasteiger charge is 2.19. The highest BCUT2D eigenvalue weighted by atomic mass is 16.5. The van der Waals surface area contributed by atoms with Crippen molar-refractivity contribution in [2.75, 3.05) is 51.2 Å². The Morgan fingerprint density at radius 3 is 2.42 bits per heavy atom. The molecule has 10 heteroatoms. The van der Waals surface area contributed by atoms with Crippen molar-refractivity contribution in [1.82, 2.24) is 9.55 Å². The molecule has 170 valence electrons. The second kappa shape index (κ2) is 11.8. The number of carbonyl (C=O) groups excluding carboxylic acids is 1. The van der Waals surface area contributed by atoms with Crippen molar-refractivity contribution in [2.24, 2.45) is 0 Å². The molecule has 0 spiro atoms. The number of anilines is 2. The first-order chi connectivity index (χ1) is 14.9. The Balaban J connectivity index is 2.17. The molecule has 0 unspecified atom stereocenters. The molecule has 0 saturated carbocycles. The molecule has 0 aliphatic heterocycles. The van der Waals surface area contributed by atoms with Gasteiger partial charge in [-0.15, -0.1) is 0 Å². The van der Waals surface area contributed by atoms with Gasteiger partial charge in [0.15, 0.2) is 0 Å². The van der Waals surface area contributed by atoms with Crippen LogP contribution in [0.1, 0.15) is 30.1 Å². The van der Waals surface area contributed by atoms with Crippen molar-refractivity contribution in [3.05, 3.63) is 50.7 Å². The minimum absolute atomic E-state index is 0.126. The number of hydrogen-bond donors (Lipinski definition) is 2. The highest BCUT2D eigenvalue weighted by molar-refractivity contribution is 5.89. The van der Waals surface area contributed by atoms with E-state index in [9.17, 15) is 14.4 Å². The molecule has 1 aromatic heterocycles. The molecule has 0 radical (unpaired) electrons. The highest BCUT2D eigenvalue weighted by Crippen LogP contribution is 2.18. The molecule has 0 aliphatic rings. The average molecular weight is 434 g/mol. The number of aromatic nitrogens is 2. The summed E-state index contributed by atoms with van der Waals surface area (Å²) in [4.78, 5) is 40.3. The summed E-state index contributed by atoms with van der Waals surface area (Å²) in [7, 11) is 2.88. The maximum Gasteiger partial charge on any atom is 0.337 e. The van der Waals surface area contributed by atoms with E-state index in [4.69, 9.17) is 15.2 Å². The fraction of sp³-hybridized carbons (Fsp3) is 0.476. The minimum atomic E-state index is -0.547. The summed E-state index contributed by atoms with van der Waals surface area (Å²) in [5.41, 5.74) is 5.79. The summed E-state index contributed by atoms with van der Waals surface area (Å²) in [5.74, 6) is 0.264. The first kappa shape index (κ1) is 24.0. The Hall–Kier alpha value is -3.27. The number of nitrogens with two attached hydrogens (primary N) is 1. The Morgan fingerprint density at radius 2 is 1.81 bits per heavy atom. The number of unbranched alkanes of at least 4 members (excludes halogenated alkanes) is 1.